The largest absolute Gasteiger partial charge is 0.396 e. The molecule has 0 spiro atoms. The Labute approximate surface area is 77.7 Å². The lowest BCUT2D eigenvalue weighted by atomic mass is 10.3. The summed E-state index contributed by atoms with van der Waals surface area (Å²) in [4.78, 5) is 0. The average molecular weight is 185 g/mol. The molecule has 4 heteroatoms. The summed E-state index contributed by atoms with van der Waals surface area (Å²) in [5.74, 6) is 0. The molecule has 13 heavy (non-hydrogen) atoms. The molecule has 1 aromatic heterocycles. The number of unbranched alkanes of at least 4 members (excludes halogenated alkanes) is 1. The molecule has 1 heterocycles. The second-order valence-corrected chi connectivity index (χ2v) is 3.20. The van der Waals surface area contributed by atoms with Crippen molar-refractivity contribution in [3.63, 3.8) is 0 Å². The van der Waals surface area contributed by atoms with Crippen LogP contribution >= 0.6 is 0 Å². The number of nitrogens with two attached hydrogens (primary N) is 1. The van der Waals surface area contributed by atoms with Crippen molar-refractivity contribution in [3.8, 4) is 0 Å². The van der Waals surface area contributed by atoms with Crippen LogP contribution in [0.1, 0.15) is 24.2 Å². The summed E-state index contributed by atoms with van der Waals surface area (Å²) >= 11 is 0. The zero-order valence-electron chi connectivity index (χ0n) is 8.18. The molecule has 0 amide bonds. The molecule has 0 aliphatic rings. The van der Waals surface area contributed by atoms with Gasteiger partial charge in [-0.15, -0.1) is 0 Å². The van der Waals surface area contributed by atoms with Crippen molar-refractivity contribution in [3.05, 3.63) is 11.4 Å². The van der Waals surface area contributed by atoms with Crippen LogP contribution in [0.15, 0.2) is 0 Å². The van der Waals surface area contributed by atoms with Crippen LogP contribution < -0.4 is 5.73 Å². The Hall–Kier alpha value is -1.06. The van der Waals surface area contributed by atoms with Crippen LogP contribution in [0.5, 0.6) is 0 Å². The molecular weight excluding hydrogens is 169 g/mol. The van der Waals surface area contributed by atoms with E-state index in [9.17, 15) is 4.39 Å². The van der Waals surface area contributed by atoms with Gasteiger partial charge in [0.25, 0.3) is 0 Å². The fourth-order valence-electron chi connectivity index (χ4n) is 1.28. The monoisotopic (exact) mass is 185 g/mol. The molecule has 0 saturated heterocycles. The highest BCUT2D eigenvalue weighted by Crippen LogP contribution is 2.15. The molecule has 0 bridgehead atoms. The molecule has 3 nitrogen and oxygen atoms in total. The highest BCUT2D eigenvalue weighted by atomic mass is 19.1. The van der Waals surface area contributed by atoms with Gasteiger partial charge in [-0.25, -0.2) is 0 Å². The Balaban J connectivity index is 2.61. The number of halogens is 1. The summed E-state index contributed by atoms with van der Waals surface area (Å²) < 4.78 is 13.7. The average Bonchev–Trinajstić information content (AvgIpc) is 2.34. The van der Waals surface area contributed by atoms with Crippen molar-refractivity contribution in [1.29, 1.82) is 0 Å². The quantitative estimate of drug-likeness (QED) is 0.727. The van der Waals surface area contributed by atoms with Crippen LogP contribution in [-0.4, -0.2) is 16.5 Å². The minimum atomic E-state index is -0.255. The third-order valence-electron chi connectivity index (χ3n) is 2.19. The minimum Gasteiger partial charge on any atom is -0.396 e. The Morgan fingerprint density at radius 2 is 2.08 bits per heavy atom. The van der Waals surface area contributed by atoms with Crippen molar-refractivity contribution >= 4 is 5.69 Å². The topological polar surface area (TPSA) is 43.8 Å². The number of anilines is 1. The Bertz CT molecular complexity index is 281. The number of aryl methyl sites for hydroxylation is 2. The fraction of sp³-hybridized carbons (Fsp3) is 0.667. The molecule has 2 N–H and O–H groups in total. The van der Waals surface area contributed by atoms with Gasteiger partial charge >= 0.3 is 0 Å². The van der Waals surface area contributed by atoms with Gasteiger partial charge in [0.15, 0.2) is 0 Å². The molecule has 74 valence electrons. The van der Waals surface area contributed by atoms with Crippen LogP contribution in [0.4, 0.5) is 10.1 Å². The van der Waals surface area contributed by atoms with Crippen molar-refractivity contribution in [2.75, 3.05) is 12.4 Å². The maximum atomic E-state index is 11.8. The van der Waals surface area contributed by atoms with Gasteiger partial charge < -0.3 is 5.73 Å². The summed E-state index contributed by atoms with van der Waals surface area (Å²) in [7, 11) is 0. The first-order chi connectivity index (χ1) is 6.16. The van der Waals surface area contributed by atoms with E-state index < -0.39 is 0 Å². The van der Waals surface area contributed by atoms with E-state index in [1.165, 1.54) is 0 Å². The molecule has 0 unspecified atom stereocenters. The molecule has 0 aliphatic carbocycles. The third-order valence-corrected chi connectivity index (χ3v) is 2.19. The van der Waals surface area contributed by atoms with E-state index in [0.29, 0.717) is 6.42 Å². The number of hydrogen-bond acceptors (Lipinski definition) is 2. The van der Waals surface area contributed by atoms with Crippen molar-refractivity contribution in [2.45, 2.75) is 33.2 Å². The second-order valence-electron chi connectivity index (χ2n) is 3.20. The van der Waals surface area contributed by atoms with E-state index in [1.54, 1.807) is 0 Å². The first-order valence-electron chi connectivity index (χ1n) is 4.52. The van der Waals surface area contributed by atoms with Crippen LogP contribution in [0.25, 0.3) is 0 Å². The fourth-order valence-corrected chi connectivity index (χ4v) is 1.28. The minimum absolute atomic E-state index is 0.255. The van der Waals surface area contributed by atoms with Gasteiger partial charge in [0, 0.05) is 6.54 Å². The lowest BCUT2D eigenvalue weighted by Gasteiger charge is -2.02. The molecule has 0 aliphatic heterocycles. The molecular formula is C9H16FN3. The van der Waals surface area contributed by atoms with Gasteiger partial charge in [0.2, 0.25) is 0 Å². The SMILES string of the molecule is Cc1nn(CCCCF)c(C)c1N. The maximum Gasteiger partial charge on any atom is 0.0895 e. The van der Waals surface area contributed by atoms with E-state index in [1.807, 2.05) is 18.5 Å². The van der Waals surface area contributed by atoms with E-state index in [-0.39, 0.29) is 6.67 Å². The Kier molecular flexibility index (Phi) is 3.28. The lowest BCUT2D eigenvalue weighted by Crippen LogP contribution is -2.03. The number of nitrogen functional groups attached to an aromatic ring is 1. The number of aromatic nitrogens is 2. The van der Waals surface area contributed by atoms with Crippen LogP contribution in [0.3, 0.4) is 0 Å². The van der Waals surface area contributed by atoms with Gasteiger partial charge in [-0.1, -0.05) is 0 Å². The smallest absolute Gasteiger partial charge is 0.0895 e. The Morgan fingerprint density at radius 1 is 1.38 bits per heavy atom. The molecule has 0 aromatic carbocycles. The summed E-state index contributed by atoms with van der Waals surface area (Å²) in [6.45, 7) is 4.32. The van der Waals surface area contributed by atoms with Crippen LogP contribution in [0, 0.1) is 13.8 Å². The molecule has 1 rings (SSSR count). The lowest BCUT2D eigenvalue weighted by molar-refractivity contribution is 0.437. The van der Waals surface area contributed by atoms with Gasteiger partial charge in [-0.3, -0.25) is 9.07 Å². The molecule has 0 atom stereocenters. The van der Waals surface area contributed by atoms with E-state index in [0.717, 1.165) is 30.0 Å². The second kappa shape index (κ2) is 4.25. The number of alkyl halides is 1. The number of nitrogens with zero attached hydrogens (tertiary/aromatic N) is 2. The normalized spacial score (nSPS) is 10.7. The van der Waals surface area contributed by atoms with E-state index in [4.69, 9.17) is 5.73 Å². The first kappa shape index (κ1) is 10.0. The predicted octanol–water partition coefficient (Wildman–Crippen LogP) is 1.83. The third kappa shape index (κ3) is 2.20. The summed E-state index contributed by atoms with van der Waals surface area (Å²) in [5, 5.41) is 4.25. The van der Waals surface area contributed by atoms with Crippen LogP contribution in [-0.2, 0) is 6.54 Å². The molecule has 0 fully saturated rings. The standard InChI is InChI=1S/C9H16FN3/c1-7-9(11)8(2)13(12-7)6-4-3-5-10/h3-6,11H2,1-2H3. The van der Waals surface area contributed by atoms with Gasteiger partial charge in [0.1, 0.15) is 0 Å². The molecule has 1 aromatic rings. The van der Waals surface area contributed by atoms with Crippen molar-refractivity contribution in [1.82, 2.24) is 9.78 Å². The summed E-state index contributed by atoms with van der Waals surface area (Å²) in [5.41, 5.74) is 8.34. The first-order valence-corrected chi connectivity index (χ1v) is 4.52. The van der Waals surface area contributed by atoms with Gasteiger partial charge in [-0.05, 0) is 26.7 Å². The zero-order valence-corrected chi connectivity index (χ0v) is 8.18. The highest BCUT2D eigenvalue weighted by molar-refractivity contribution is 5.46. The van der Waals surface area contributed by atoms with E-state index in [2.05, 4.69) is 5.10 Å². The molecule has 0 saturated carbocycles. The zero-order chi connectivity index (χ0) is 9.84. The van der Waals surface area contributed by atoms with E-state index >= 15 is 0 Å². The maximum absolute atomic E-state index is 11.8. The summed E-state index contributed by atoms with van der Waals surface area (Å²) in [6.07, 6.45) is 1.41. The number of rotatable bonds is 4. The van der Waals surface area contributed by atoms with Crippen molar-refractivity contribution in [2.24, 2.45) is 0 Å². The predicted molar refractivity (Wildman–Crippen MR) is 51.3 cm³/mol. The van der Waals surface area contributed by atoms with Gasteiger partial charge in [0.05, 0.1) is 23.7 Å². The molecule has 0 radical (unpaired) electrons. The van der Waals surface area contributed by atoms with Gasteiger partial charge in [-0.2, -0.15) is 5.10 Å². The van der Waals surface area contributed by atoms with Crippen molar-refractivity contribution < 1.29 is 4.39 Å². The van der Waals surface area contributed by atoms with Crippen LogP contribution in [0.2, 0.25) is 0 Å². The number of hydrogen-bond donors (Lipinski definition) is 1. The summed E-state index contributed by atoms with van der Waals surface area (Å²) in [6, 6.07) is 0. The Morgan fingerprint density at radius 3 is 2.54 bits per heavy atom. The highest BCUT2D eigenvalue weighted by Gasteiger charge is 2.06.